The second kappa shape index (κ2) is 8.25. The summed E-state index contributed by atoms with van der Waals surface area (Å²) in [6.07, 6.45) is 1.60. The molecule has 1 heterocycles. The molecule has 4 nitrogen and oxygen atoms in total. The van der Waals surface area contributed by atoms with Crippen LogP contribution in [0.15, 0.2) is 59.5 Å². The number of amides is 2. The van der Waals surface area contributed by atoms with Crippen LogP contribution in [0.5, 0.6) is 0 Å². The number of hydrogen-bond donors (Lipinski definition) is 1. The number of carbonyl (C=O) groups is 2. The molecule has 26 heavy (non-hydrogen) atoms. The highest BCUT2D eigenvalue weighted by molar-refractivity contribution is 8.26. The van der Waals surface area contributed by atoms with E-state index in [1.54, 1.807) is 30.3 Å². The Morgan fingerprint density at radius 1 is 1.15 bits per heavy atom. The summed E-state index contributed by atoms with van der Waals surface area (Å²) in [6.45, 7) is 0.179. The fraction of sp³-hybridized carbons (Fsp3) is 0.105. The van der Waals surface area contributed by atoms with E-state index in [4.69, 9.17) is 12.2 Å². The van der Waals surface area contributed by atoms with Gasteiger partial charge in [-0.05, 0) is 24.3 Å². The summed E-state index contributed by atoms with van der Waals surface area (Å²) in [7, 11) is 0. The predicted octanol–water partition coefficient (Wildman–Crippen LogP) is 4.06. The molecular weight excluding hydrogens is 371 g/mol. The molecule has 0 saturated carbocycles. The minimum atomic E-state index is -0.403. The average molecular weight is 386 g/mol. The molecule has 0 aliphatic carbocycles. The van der Waals surface area contributed by atoms with Gasteiger partial charge in [0.1, 0.15) is 10.1 Å². The van der Waals surface area contributed by atoms with Gasteiger partial charge in [0.2, 0.25) is 5.91 Å². The van der Waals surface area contributed by atoms with Gasteiger partial charge in [-0.2, -0.15) is 0 Å². The zero-order valence-electron chi connectivity index (χ0n) is 13.6. The maximum absolute atomic E-state index is 13.8. The summed E-state index contributed by atoms with van der Waals surface area (Å²) in [5.41, 5.74) is 1.03. The van der Waals surface area contributed by atoms with Gasteiger partial charge in [-0.25, -0.2) is 4.39 Å². The normalized spacial score (nSPS) is 15.6. The summed E-state index contributed by atoms with van der Waals surface area (Å²) in [4.78, 5) is 26.3. The van der Waals surface area contributed by atoms with Crippen molar-refractivity contribution in [3.8, 4) is 0 Å². The van der Waals surface area contributed by atoms with E-state index < -0.39 is 5.82 Å². The van der Waals surface area contributed by atoms with Crippen LogP contribution in [0.4, 0.5) is 10.1 Å². The monoisotopic (exact) mass is 386 g/mol. The Morgan fingerprint density at radius 3 is 2.58 bits per heavy atom. The lowest BCUT2D eigenvalue weighted by atomic mass is 10.2. The first-order chi connectivity index (χ1) is 12.5. The number of carbonyl (C=O) groups excluding carboxylic acids is 2. The summed E-state index contributed by atoms with van der Waals surface area (Å²) in [6, 6.07) is 15.3. The van der Waals surface area contributed by atoms with Crippen molar-refractivity contribution >= 4 is 51.9 Å². The molecule has 1 saturated heterocycles. The van der Waals surface area contributed by atoms with Crippen LogP contribution >= 0.6 is 24.0 Å². The van der Waals surface area contributed by atoms with Crippen molar-refractivity contribution in [1.29, 1.82) is 0 Å². The Kier molecular flexibility index (Phi) is 5.80. The first-order valence-electron chi connectivity index (χ1n) is 7.89. The smallest absolute Gasteiger partial charge is 0.266 e. The number of benzene rings is 2. The molecule has 132 valence electrons. The zero-order chi connectivity index (χ0) is 18.5. The highest BCUT2D eigenvalue weighted by atomic mass is 32.2. The third-order valence-electron chi connectivity index (χ3n) is 3.69. The second-order valence-electron chi connectivity index (χ2n) is 5.52. The largest absolute Gasteiger partial charge is 0.326 e. The topological polar surface area (TPSA) is 49.4 Å². The van der Waals surface area contributed by atoms with E-state index in [1.807, 2.05) is 18.2 Å². The number of thioether (sulfide) groups is 1. The maximum Gasteiger partial charge on any atom is 0.266 e. The van der Waals surface area contributed by atoms with Gasteiger partial charge in [0.15, 0.2) is 0 Å². The predicted molar refractivity (Wildman–Crippen MR) is 106 cm³/mol. The number of hydrogen-bond acceptors (Lipinski definition) is 4. The molecule has 0 aromatic heterocycles. The van der Waals surface area contributed by atoms with Crippen LogP contribution in [-0.4, -0.2) is 27.6 Å². The van der Waals surface area contributed by atoms with Crippen LogP contribution in [0.2, 0.25) is 0 Å². The van der Waals surface area contributed by atoms with E-state index >= 15 is 0 Å². The van der Waals surface area contributed by atoms with E-state index in [0.29, 0.717) is 20.5 Å². The van der Waals surface area contributed by atoms with E-state index in [9.17, 15) is 14.0 Å². The summed E-state index contributed by atoms with van der Waals surface area (Å²) < 4.78 is 14.1. The van der Waals surface area contributed by atoms with Crippen molar-refractivity contribution in [2.24, 2.45) is 0 Å². The minimum absolute atomic E-state index is 0.119. The van der Waals surface area contributed by atoms with E-state index in [1.165, 1.54) is 17.0 Å². The van der Waals surface area contributed by atoms with Crippen molar-refractivity contribution in [2.75, 3.05) is 11.9 Å². The molecule has 3 rings (SSSR count). The molecule has 2 aromatic rings. The standard InChI is InChI=1S/C19H15FN2O2S2/c20-15-9-5-4-6-13(15)12-16-18(24)22(19(25)26-16)11-10-17(23)21-14-7-2-1-3-8-14/h1-9,12H,10-11H2,(H,21,23). The average Bonchev–Trinajstić information content (AvgIpc) is 2.89. The quantitative estimate of drug-likeness (QED) is 0.622. The fourth-order valence-electron chi connectivity index (χ4n) is 2.38. The molecule has 1 fully saturated rings. The van der Waals surface area contributed by atoms with E-state index in [0.717, 1.165) is 11.8 Å². The summed E-state index contributed by atoms with van der Waals surface area (Å²) in [5, 5.41) is 2.76. The first-order valence-corrected chi connectivity index (χ1v) is 9.12. The van der Waals surface area contributed by atoms with Gasteiger partial charge in [-0.1, -0.05) is 60.4 Å². The van der Waals surface area contributed by atoms with Crippen LogP contribution in [-0.2, 0) is 9.59 Å². The number of anilines is 1. The molecule has 1 aliphatic rings. The molecule has 0 bridgehead atoms. The second-order valence-corrected chi connectivity index (χ2v) is 7.19. The Labute approximate surface area is 160 Å². The van der Waals surface area contributed by atoms with Crippen LogP contribution in [0.25, 0.3) is 6.08 Å². The minimum Gasteiger partial charge on any atom is -0.326 e. The van der Waals surface area contributed by atoms with Gasteiger partial charge in [0, 0.05) is 24.2 Å². The molecule has 1 aliphatic heterocycles. The fourth-order valence-corrected chi connectivity index (χ4v) is 3.68. The van der Waals surface area contributed by atoms with E-state index in [2.05, 4.69) is 5.32 Å². The number of nitrogens with one attached hydrogen (secondary N) is 1. The Hall–Kier alpha value is -2.51. The number of nitrogens with zero attached hydrogens (tertiary/aromatic N) is 1. The van der Waals surface area contributed by atoms with Gasteiger partial charge in [0.25, 0.3) is 5.91 Å². The number of rotatable bonds is 5. The van der Waals surface area contributed by atoms with Crippen molar-refractivity contribution in [1.82, 2.24) is 4.90 Å². The molecule has 0 unspecified atom stereocenters. The highest BCUT2D eigenvalue weighted by Crippen LogP contribution is 2.33. The summed E-state index contributed by atoms with van der Waals surface area (Å²) in [5.74, 6) is -0.917. The van der Waals surface area contributed by atoms with Crippen LogP contribution < -0.4 is 5.32 Å². The maximum atomic E-state index is 13.8. The zero-order valence-corrected chi connectivity index (χ0v) is 15.3. The van der Waals surface area contributed by atoms with Gasteiger partial charge in [-0.15, -0.1) is 0 Å². The molecular formula is C19H15FN2O2S2. The van der Waals surface area contributed by atoms with Gasteiger partial charge in [-0.3, -0.25) is 14.5 Å². The SMILES string of the molecule is O=C(CCN1C(=O)C(=Cc2ccccc2F)SC1=S)Nc1ccccc1. The first kappa shape index (κ1) is 18.3. The Morgan fingerprint density at radius 2 is 1.85 bits per heavy atom. The molecule has 0 atom stereocenters. The van der Waals surface area contributed by atoms with E-state index in [-0.39, 0.29) is 24.8 Å². The lowest BCUT2D eigenvalue weighted by Gasteiger charge is -2.14. The van der Waals surface area contributed by atoms with Gasteiger partial charge < -0.3 is 5.32 Å². The van der Waals surface area contributed by atoms with Gasteiger partial charge in [0.05, 0.1) is 4.91 Å². The molecule has 0 spiro atoms. The highest BCUT2D eigenvalue weighted by Gasteiger charge is 2.32. The number of halogens is 1. The lowest BCUT2D eigenvalue weighted by Crippen LogP contribution is -2.31. The molecule has 2 aromatic carbocycles. The Balaban J connectivity index is 1.62. The van der Waals surface area contributed by atoms with Crippen molar-refractivity contribution in [3.05, 3.63) is 70.9 Å². The third-order valence-corrected chi connectivity index (χ3v) is 5.06. The Bertz CT molecular complexity index is 884. The third kappa shape index (κ3) is 4.36. The van der Waals surface area contributed by atoms with Crippen LogP contribution in [0, 0.1) is 5.82 Å². The van der Waals surface area contributed by atoms with Crippen molar-refractivity contribution < 1.29 is 14.0 Å². The van der Waals surface area contributed by atoms with Crippen molar-refractivity contribution in [2.45, 2.75) is 6.42 Å². The van der Waals surface area contributed by atoms with Crippen LogP contribution in [0.3, 0.4) is 0 Å². The number of thiocarbonyl (C=S) groups is 1. The summed E-state index contributed by atoms with van der Waals surface area (Å²) >= 11 is 6.34. The molecule has 2 amide bonds. The number of para-hydroxylation sites is 1. The lowest BCUT2D eigenvalue weighted by molar-refractivity contribution is -0.122. The van der Waals surface area contributed by atoms with Crippen molar-refractivity contribution in [3.63, 3.8) is 0 Å². The molecule has 0 radical (unpaired) electrons. The van der Waals surface area contributed by atoms with Gasteiger partial charge >= 0.3 is 0 Å². The molecule has 1 N–H and O–H groups in total. The van der Waals surface area contributed by atoms with Crippen LogP contribution in [0.1, 0.15) is 12.0 Å². The molecule has 7 heteroatoms.